The van der Waals surface area contributed by atoms with E-state index in [-0.39, 0.29) is 11.0 Å². The van der Waals surface area contributed by atoms with Gasteiger partial charge in [-0.25, -0.2) is 6.54 Å². The van der Waals surface area contributed by atoms with Crippen molar-refractivity contribution in [1.29, 1.82) is 0 Å². The second kappa shape index (κ2) is 19.4. The topological polar surface area (TPSA) is 24.9 Å². The molecular weight excluding hydrogens is 797 g/mol. The molecule has 1 aliphatic rings. The molecule has 5 aromatic rings. The van der Waals surface area contributed by atoms with Gasteiger partial charge in [0.15, 0.2) is 0 Å². The van der Waals surface area contributed by atoms with Crippen molar-refractivity contribution in [1.82, 2.24) is 4.90 Å². The van der Waals surface area contributed by atoms with Crippen LogP contribution < -0.4 is 14.4 Å². The van der Waals surface area contributed by atoms with E-state index in [2.05, 4.69) is 148 Å². The van der Waals surface area contributed by atoms with Crippen LogP contribution in [0.25, 0.3) is 0 Å². The predicted molar refractivity (Wildman–Crippen MR) is 227 cm³/mol. The molecule has 1 saturated heterocycles. The van der Waals surface area contributed by atoms with Crippen molar-refractivity contribution in [3.05, 3.63) is 167 Å². The van der Waals surface area contributed by atoms with Crippen LogP contribution in [-0.4, -0.2) is 29.3 Å². The Labute approximate surface area is 337 Å². The summed E-state index contributed by atoms with van der Waals surface area (Å²) in [6, 6.07) is 42.7. The number of ether oxygens (including phenoxy) is 2. The number of hydrogen-bond donors (Lipinski definition) is 0. The molecule has 5 aromatic carbocycles. The fourth-order valence-corrected chi connectivity index (χ4v) is 9.58. The molecule has 6 rings (SSSR count). The quantitative estimate of drug-likeness (QED) is 0.0870. The van der Waals surface area contributed by atoms with Crippen LogP contribution in [0.15, 0.2) is 121 Å². The summed E-state index contributed by atoms with van der Waals surface area (Å²) in [5, 5.41) is 0. The molecule has 0 aliphatic carbocycles. The van der Waals surface area contributed by atoms with E-state index in [0.717, 1.165) is 50.0 Å². The summed E-state index contributed by atoms with van der Waals surface area (Å²) in [7, 11) is 15.7. The first kappa shape index (κ1) is 41.7. The zero-order chi connectivity index (χ0) is 38.7. The number of halogens is 2. The number of rotatable bonds is 13. The summed E-state index contributed by atoms with van der Waals surface area (Å²) in [6.45, 7) is 16.5. The van der Waals surface area contributed by atoms with Crippen molar-refractivity contribution in [3.8, 4) is 11.5 Å². The first-order valence-corrected chi connectivity index (χ1v) is 24.2. The number of benzene rings is 5. The molecule has 1 aliphatic heterocycles. The number of methoxy groups -OCH3 is 2. The minimum absolute atomic E-state index is 0.0800. The Morgan fingerprint density at radius 2 is 1.19 bits per heavy atom. The zero-order valence-corrected chi connectivity index (χ0v) is 36.0. The number of para-hydroxylation sites is 1. The molecule has 1 unspecified atom stereocenters. The molecule has 1 heterocycles. The van der Waals surface area contributed by atoms with E-state index in [1.165, 1.54) is 33.5 Å². The van der Waals surface area contributed by atoms with Gasteiger partial charge in [-0.05, 0) is 44.2 Å². The van der Waals surface area contributed by atoms with Gasteiger partial charge in [-0.1, -0.05) is 74.9 Å². The molecule has 7 heteroatoms. The van der Waals surface area contributed by atoms with Crippen LogP contribution in [0.1, 0.15) is 80.0 Å². The SMILES string of the molecule is CCc1cccc(CC)c1N1[CH-]C(C)(c2ccccc2)CC1(C)C.COc1cc([CH]=[Ru]([Cl])[Cl])c(CN(Cc2ccccc2)Cc2ccccc2)cc1OC. The first-order chi connectivity index (χ1) is 26.0. The molecule has 0 spiro atoms. The van der Waals surface area contributed by atoms with E-state index in [4.69, 9.17) is 28.9 Å². The van der Waals surface area contributed by atoms with Crippen molar-refractivity contribution >= 4 is 29.7 Å². The summed E-state index contributed by atoms with van der Waals surface area (Å²) in [6.07, 6.45) is 3.28. The molecule has 1 fully saturated rings. The van der Waals surface area contributed by atoms with Crippen LogP contribution in [0, 0.1) is 6.54 Å². The van der Waals surface area contributed by atoms with Crippen LogP contribution in [0.4, 0.5) is 5.69 Å². The van der Waals surface area contributed by atoms with Gasteiger partial charge < -0.3 is 4.90 Å². The molecule has 0 bridgehead atoms. The molecule has 0 amide bonds. The van der Waals surface area contributed by atoms with Gasteiger partial charge in [0, 0.05) is 11.2 Å². The van der Waals surface area contributed by atoms with Crippen LogP contribution in [0.5, 0.6) is 11.5 Å². The average Bonchev–Trinajstić information content (AvgIpc) is 3.44. The van der Waals surface area contributed by atoms with Gasteiger partial charge in [-0.2, -0.15) is 0 Å². The number of nitrogens with zero attached hydrogens (tertiary/aromatic N) is 2. The zero-order valence-electron chi connectivity index (χ0n) is 32.8. The van der Waals surface area contributed by atoms with Gasteiger partial charge in [-0.3, -0.25) is 0 Å². The van der Waals surface area contributed by atoms with E-state index in [1.807, 2.05) is 28.9 Å². The van der Waals surface area contributed by atoms with Gasteiger partial charge in [0.1, 0.15) is 0 Å². The number of anilines is 1. The molecule has 0 N–H and O–H groups in total. The van der Waals surface area contributed by atoms with Gasteiger partial charge >= 0.3 is 192 Å². The second-order valence-electron chi connectivity index (χ2n) is 14.7. The van der Waals surface area contributed by atoms with Crippen molar-refractivity contribution in [2.75, 3.05) is 19.1 Å². The summed E-state index contributed by atoms with van der Waals surface area (Å²) < 4.78 is 13.0. The Kier molecular flexibility index (Phi) is 15.0. The maximum absolute atomic E-state index is 6.22. The molecule has 0 radical (unpaired) electrons. The van der Waals surface area contributed by atoms with Gasteiger partial charge in [0.25, 0.3) is 0 Å². The Morgan fingerprint density at radius 1 is 0.685 bits per heavy atom. The van der Waals surface area contributed by atoms with Crippen LogP contribution in [-0.2, 0) is 51.4 Å². The third-order valence-corrected chi connectivity index (χ3v) is 12.1. The van der Waals surface area contributed by atoms with Crippen molar-refractivity contribution in [3.63, 3.8) is 0 Å². The fraction of sp³-hybridized carbons (Fsp3) is 0.319. The summed E-state index contributed by atoms with van der Waals surface area (Å²) >= 11 is -2.00. The molecule has 0 saturated carbocycles. The summed E-state index contributed by atoms with van der Waals surface area (Å²) in [5.74, 6) is 1.38. The van der Waals surface area contributed by atoms with Crippen molar-refractivity contribution in [2.24, 2.45) is 0 Å². The monoisotopic (exact) mass is 851 g/mol. The molecular formula is C47H55Cl2N2O2Ru-. The first-order valence-electron chi connectivity index (χ1n) is 18.7. The molecule has 54 heavy (non-hydrogen) atoms. The van der Waals surface area contributed by atoms with E-state index in [1.54, 1.807) is 14.2 Å². The normalized spacial score (nSPS) is 16.4. The van der Waals surface area contributed by atoms with Crippen LogP contribution >= 0.6 is 19.4 Å². The van der Waals surface area contributed by atoms with Gasteiger partial charge in [-0.15, -0.1) is 5.41 Å². The Bertz CT molecular complexity index is 1900. The molecule has 0 aromatic heterocycles. The summed E-state index contributed by atoms with van der Waals surface area (Å²) in [4.78, 5) is 4.97. The molecule has 4 nitrogen and oxygen atoms in total. The summed E-state index contributed by atoms with van der Waals surface area (Å²) in [5.41, 5.74) is 10.6. The van der Waals surface area contributed by atoms with Crippen molar-refractivity contribution < 1.29 is 23.0 Å². The van der Waals surface area contributed by atoms with E-state index in [0.29, 0.717) is 11.5 Å². The Morgan fingerprint density at radius 3 is 1.67 bits per heavy atom. The minimum atomic E-state index is -2.00. The van der Waals surface area contributed by atoms with Gasteiger partial charge in [0.05, 0.1) is 0 Å². The standard InChI is InChI=1S/C24H25NO2.C23H30N.2ClH.Ru/c1-19-14-23(26-2)24(27-3)15-22(19)18-25(16-20-10-6-4-7-11-20)17-21-12-8-5-9-13-21;1-6-18-12-11-13-19(7-2)21(18)24-17-23(5,16-22(24,3)4)20-14-9-8-10-15-20;;;/h1,4-15H,16-18H2,2-3H3;8-15,17H,6-7,16H2,1-5H3;2*1H;/q;-1;;;+2/p-2. The van der Waals surface area contributed by atoms with E-state index < -0.39 is 13.5 Å². The second-order valence-corrected chi connectivity index (χ2v) is 20.5. The molecule has 1 atom stereocenters. The maximum atomic E-state index is 6.22. The third kappa shape index (κ3) is 10.6. The predicted octanol–water partition coefficient (Wildman–Crippen LogP) is 11.9. The molecule has 288 valence electrons. The Balaban J connectivity index is 0.000000213. The van der Waals surface area contributed by atoms with Gasteiger partial charge in [0.2, 0.25) is 0 Å². The third-order valence-electron chi connectivity index (χ3n) is 10.2. The Hall–Kier alpha value is -3.47. The van der Waals surface area contributed by atoms with Crippen LogP contribution in [0.2, 0.25) is 0 Å². The van der Waals surface area contributed by atoms with Crippen LogP contribution in [0.3, 0.4) is 0 Å². The van der Waals surface area contributed by atoms with Crippen molar-refractivity contribution in [2.45, 2.75) is 84.5 Å². The fourth-order valence-electron chi connectivity index (χ4n) is 7.72. The van der Waals surface area contributed by atoms with E-state index >= 15 is 0 Å². The average molecular weight is 852 g/mol. The number of aryl methyl sites for hydroxylation is 2. The van der Waals surface area contributed by atoms with E-state index in [9.17, 15) is 0 Å². The number of hydrogen-bond acceptors (Lipinski definition) is 4.